The van der Waals surface area contributed by atoms with E-state index >= 15 is 0 Å². The molecule has 3 rings (SSSR count). The van der Waals surface area contributed by atoms with Crippen molar-refractivity contribution >= 4 is 17.1 Å². The third-order valence-electron chi connectivity index (χ3n) is 4.17. The van der Waals surface area contributed by atoms with Crippen molar-refractivity contribution < 1.29 is 9.29 Å². The molecule has 0 radical (unpaired) electrons. The summed E-state index contributed by atoms with van der Waals surface area (Å²) in [6.07, 6.45) is 0. The fourth-order valence-corrected chi connectivity index (χ4v) is 2.72. The molecule has 0 spiro atoms. The summed E-state index contributed by atoms with van der Waals surface area (Å²) < 4.78 is 16.2. The zero-order valence-electron chi connectivity index (χ0n) is 15.0. The van der Waals surface area contributed by atoms with Gasteiger partial charge in [-0.1, -0.05) is 12.1 Å². The molecular formula is C17H22FN6O2+. The predicted molar refractivity (Wildman–Crippen MR) is 97.3 cm³/mol. The van der Waals surface area contributed by atoms with Crippen LogP contribution < -0.4 is 21.5 Å². The van der Waals surface area contributed by atoms with Crippen LogP contribution in [0.25, 0.3) is 11.2 Å². The van der Waals surface area contributed by atoms with Crippen LogP contribution >= 0.6 is 0 Å². The number of quaternary nitrogens is 1. The van der Waals surface area contributed by atoms with Crippen LogP contribution in [0.4, 0.5) is 10.3 Å². The highest BCUT2D eigenvalue weighted by atomic mass is 19.1. The number of nitrogens with zero attached hydrogens (tertiary/aromatic N) is 3. The van der Waals surface area contributed by atoms with Gasteiger partial charge in [-0.25, -0.2) is 9.18 Å². The second-order valence-electron chi connectivity index (χ2n) is 6.52. The van der Waals surface area contributed by atoms with E-state index in [0.717, 1.165) is 12.1 Å². The molecule has 9 heteroatoms. The molecule has 0 saturated carbocycles. The van der Waals surface area contributed by atoms with Gasteiger partial charge in [-0.05, 0) is 17.7 Å². The molecule has 2 heterocycles. The van der Waals surface area contributed by atoms with Gasteiger partial charge >= 0.3 is 5.69 Å². The number of nitrogens with one attached hydrogen (secondary N) is 3. The summed E-state index contributed by atoms with van der Waals surface area (Å²) in [5.41, 5.74) is 0.416. The largest absolute Gasteiger partial charge is 0.350 e. The van der Waals surface area contributed by atoms with Crippen molar-refractivity contribution in [2.45, 2.75) is 6.54 Å². The van der Waals surface area contributed by atoms with Gasteiger partial charge in [-0.15, -0.1) is 0 Å². The number of rotatable bonds is 6. The lowest BCUT2D eigenvalue weighted by Gasteiger charge is -2.12. The minimum Gasteiger partial charge on any atom is -0.350 e. The molecule has 0 saturated heterocycles. The molecule has 0 atom stereocenters. The molecule has 0 unspecified atom stereocenters. The maximum absolute atomic E-state index is 13.2. The third-order valence-corrected chi connectivity index (χ3v) is 4.17. The summed E-state index contributed by atoms with van der Waals surface area (Å²) in [4.78, 5) is 32.3. The summed E-state index contributed by atoms with van der Waals surface area (Å²) in [6.45, 7) is 1.84. The molecule has 0 aliphatic rings. The standard InChI is InChI=1S/C17H21FN6O2/c1-22(2)9-8-19-16-20-14-13(15(25)21-17(26)23(14)3)24(16)10-11-4-6-12(18)7-5-11/h4-7H,8-10H2,1-3H3,(H,19,20)(H,21,25,26)/p+1. The lowest BCUT2D eigenvalue weighted by molar-refractivity contribution is -0.856. The molecule has 2 aromatic heterocycles. The van der Waals surface area contributed by atoms with Crippen molar-refractivity contribution in [2.24, 2.45) is 7.05 Å². The molecule has 0 fully saturated rings. The fraction of sp³-hybridized carbons (Fsp3) is 0.353. The Kier molecular flexibility index (Phi) is 4.90. The maximum Gasteiger partial charge on any atom is 0.329 e. The number of hydrogen-bond donors (Lipinski definition) is 3. The number of anilines is 1. The summed E-state index contributed by atoms with van der Waals surface area (Å²) in [5, 5.41) is 3.23. The van der Waals surface area contributed by atoms with Crippen molar-refractivity contribution in [3.05, 3.63) is 56.5 Å². The van der Waals surface area contributed by atoms with Gasteiger partial charge < -0.3 is 10.2 Å². The quantitative estimate of drug-likeness (QED) is 0.535. The molecule has 3 N–H and O–H groups in total. The molecule has 138 valence electrons. The Hall–Kier alpha value is -2.94. The first-order chi connectivity index (χ1) is 12.4. The number of halogens is 1. The minimum absolute atomic E-state index is 0.302. The number of hydrogen-bond acceptors (Lipinski definition) is 4. The number of fused-ring (bicyclic) bond motifs is 1. The Bertz CT molecular complexity index is 1030. The maximum atomic E-state index is 13.2. The minimum atomic E-state index is -0.516. The SMILES string of the molecule is Cn1c(=O)[nH]c(=O)c2c1nc(NCC[NH+](C)C)n2Cc1ccc(F)cc1. The number of H-pyrrole nitrogens is 1. The average Bonchev–Trinajstić information content (AvgIpc) is 2.94. The van der Waals surface area contributed by atoms with Crippen LogP contribution in [0.1, 0.15) is 5.56 Å². The summed E-state index contributed by atoms with van der Waals surface area (Å²) >= 11 is 0. The van der Waals surface area contributed by atoms with Crippen LogP contribution in [0.2, 0.25) is 0 Å². The number of likely N-dealkylation sites (N-methyl/N-ethyl adjacent to an activating group) is 1. The summed E-state index contributed by atoms with van der Waals surface area (Å²) in [7, 11) is 5.64. The van der Waals surface area contributed by atoms with E-state index in [9.17, 15) is 14.0 Å². The summed E-state index contributed by atoms with van der Waals surface area (Å²) in [6, 6.07) is 6.06. The zero-order chi connectivity index (χ0) is 18.8. The van der Waals surface area contributed by atoms with E-state index in [-0.39, 0.29) is 5.82 Å². The Morgan fingerprint density at radius 3 is 2.58 bits per heavy atom. The van der Waals surface area contributed by atoms with Gasteiger partial charge in [-0.2, -0.15) is 4.98 Å². The highest BCUT2D eigenvalue weighted by Crippen LogP contribution is 2.17. The normalized spacial score (nSPS) is 11.4. The van der Waals surface area contributed by atoms with Crippen molar-refractivity contribution in [3.63, 3.8) is 0 Å². The number of aryl methyl sites for hydroxylation is 1. The van der Waals surface area contributed by atoms with Gasteiger partial charge in [0.05, 0.1) is 33.7 Å². The van der Waals surface area contributed by atoms with E-state index < -0.39 is 11.2 Å². The van der Waals surface area contributed by atoms with Crippen LogP contribution in [-0.4, -0.2) is 46.3 Å². The van der Waals surface area contributed by atoms with E-state index in [4.69, 9.17) is 0 Å². The second kappa shape index (κ2) is 7.12. The number of aromatic nitrogens is 4. The van der Waals surface area contributed by atoms with E-state index in [2.05, 4.69) is 15.3 Å². The van der Waals surface area contributed by atoms with Crippen molar-refractivity contribution in [1.82, 2.24) is 19.1 Å². The van der Waals surface area contributed by atoms with Gasteiger partial charge in [0.1, 0.15) is 5.82 Å². The molecule has 0 aliphatic carbocycles. The van der Waals surface area contributed by atoms with Gasteiger partial charge in [0.15, 0.2) is 11.2 Å². The smallest absolute Gasteiger partial charge is 0.329 e. The van der Waals surface area contributed by atoms with Gasteiger partial charge in [0, 0.05) is 7.05 Å². The average molecular weight is 361 g/mol. The molecule has 8 nitrogen and oxygen atoms in total. The number of imidazole rings is 1. The highest BCUT2D eigenvalue weighted by Gasteiger charge is 2.17. The molecular weight excluding hydrogens is 339 g/mol. The fourth-order valence-electron chi connectivity index (χ4n) is 2.72. The Morgan fingerprint density at radius 1 is 1.23 bits per heavy atom. The van der Waals surface area contributed by atoms with E-state index in [1.54, 1.807) is 23.7 Å². The molecule has 26 heavy (non-hydrogen) atoms. The molecule has 0 aliphatic heterocycles. The van der Waals surface area contributed by atoms with Crippen LogP contribution in [0, 0.1) is 5.82 Å². The zero-order valence-corrected chi connectivity index (χ0v) is 15.0. The second-order valence-corrected chi connectivity index (χ2v) is 6.52. The van der Waals surface area contributed by atoms with Gasteiger partial charge in [0.25, 0.3) is 5.56 Å². The van der Waals surface area contributed by atoms with Crippen LogP contribution in [0.15, 0.2) is 33.9 Å². The molecule has 3 aromatic rings. The van der Waals surface area contributed by atoms with Crippen LogP contribution in [0.5, 0.6) is 0 Å². The third kappa shape index (κ3) is 3.52. The lowest BCUT2D eigenvalue weighted by atomic mass is 10.2. The number of aromatic amines is 1. The Balaban J connectivity index is 2.09. The van der Waals surface area contributed by atoms with Crippen molar-refractivity contribution in [2.75, 3.05) is 32.5 Å². The van der Waals surface area contributed by atoms with Crippen LogP contribution in [0.3, 0.4) is 0 Å². The first kappa shape index (κ1) is 17.9. The predicted octanol–water partition coefficient (Wildman–Crippen LogP) is -0.833. The van der Waals surface area contributed by atoms with Crippen molar-refractivity contribution in [3.8, 4) is 0 Å². The topological polar surface area (TPSA) is 89.2 Å². The lowest BCUT2D eigenvalue weighted by Crippen LogP contribution is -3.06. The van der Waals surface area contributed by atoms with E-state index in [1.807, 2.05) is 14.1 Å². The molecule has 1 aromatic carbocycles. The molecule has 0 bridgehead atoms. The Morgan fingerprint density at radius 2 is 1.92 bits per heavy atom. The summed E-state index contributed by atoms with van der Waals surface area (Å²) in [5.74, 6) is 0.175. The first-order valence-corrected chi connectivity index (χ1v) is 8.33. The van der Waals surface area contributed by atoms with E-state index in [0.29, 0.717) is 30.2 Å². The molecule has 0 amide bonds. The van der Waals surface area contributed by atoms with Crippen molar-refractivity contribution in [1.29, 1.82) is 0 Å². The highest BCUT2D eigenvalue weighted by molar-refractivity contribution is 5.74. The Labute approximate surface area is 148 Å². The number of benzene rings is 1. The van der Waals surface area contributed by atoms with Crippen LogP contribution in [-0.2, 0) is 13.6 Å². The first-order valence-electron chi connectivity index (χ1n) is 8.33. The monoisotopic (exact) mass is 361 g/mol. The van der Waals surface area contributed by atoms with E-state index in [1.165, 1.54) is 21.6 Å². The van der Waals surface area contributed by atoms with Gasteiger partial charge in [0.2, 0.25) is 5.95 Å². The van der Waals surface area contributed by atoms with Gasteiger partial charge in [-0.3, -0.25) is 18.9 Å².